The van der Waals surface area contributed by atoms with Crippen LogP contribution in [-0.2, 0) is 0 Å². The van der Waals surface area contributed by atoms with Crippen LogP contribution in [0.5, 0.6) is 0 Å². The van der Waals surface area contributed by atoms with E-state index < -0.39 is 0 Å². The van der Waals surface area contributed by atoms with Crippen molar-refractivity contribution >= 4 is 39.2 Å². The molecule has 0 unspecified atom stereocenters. The van der Waals surface area contributed by atoms with Gasteiger partial charge in [0.25, 0.3) is 0 Å². The van der Waals surface area contributed by atoms with Crippen molar-refractivity contribution < 1.29 is 4.79 Å². The number of nitrogens with one attached hydrogen (secondary N) is 2. The van der Waals surface area contributed by atoms with Crippen LogP contribution in [0, 0.1) is 0 Å². The highest BCUT2D eigenvalue weighted by Gasteiger charge is 2.17. The minimum Gasteiger partial charge on any atom is -0.335 e. The Labute approximate surface area is 114 Å². The molecule has 0 aromatic heterocycles. The molecule has 1 fully saturated rings. The molecule has 2 rings (SSSR count). The first kappa shape index (κ1) is 12.7. The fourth-order valence-corrected chi connectivity index (χ4v) is 2.55. The average molecular weight is 318 g/mol. The van der Waals surface area contributed by atoms with E-state index in [9.17, 15) is 4.79 Å². The lowest BCUT2D eigenvalue weighted by Gasteiger charge is -2.14. The van der Waals surface area contributed by atoms with Crippen LogP contribution in [0.3, 0.4) is 0 Å². The third-order valence-corrected chi connectivity index (χ3v) is 4.29. The Bertz CT molecular complexity index is 419. The molecule has 1 aliphatic carbocycles. The van der Waals surface area contributed by atoms with Gasteiger partial charge in [-0.05, 0) is 40.9 Å². The Balaban J connectivity index is 1.95. The van der Waals surface area contributed by atoms with E-state index in [1.165, 1.54) is 12.8 Å². The van der Waals surface area contributed by atoms with Crippen molar-refractivity contribution in [2.75, 3.05) is 5.32 Å². The summed E-state index contributed by atoms with van der Waals surface area (Å²) in [5, 5.41) is 6.34. The van der Waals surface area contributed by atoms with Crippen molar-refractivity contribution in [1.82, 2.24) is 5.32 Å². The lowest BCUT2D eigenvalue weighted by atomic mass is 10.2. The van der Waals surface area contributed by atoms with Crippen molar-refractivity contribution in [3.8, 4) is 0 Å². The van der Waals surface area contributed by atoms with Crippen molar-refractivity contribution in [3.63, 3.8) is 0 Å². The van der Waals surface area contributed by atoms with Gasteiger partial charge < -0.3 is 10.6 Å². The van der Waals surface area contributed by atoms with Gasteiger partial charge in [0.15, 0.2) is 0 Å². The number of hydrogen-bond donors (Lipinski definition) is 2. The maximum Gasteiger partial charge on any atom is 0.319 e. The summed E-state index contributed by atoms with van der Waals surface area (Å²) in [6.07, 6.45) is 4.55. The van der Waals surface area contributed by atoms with Crippen LogP contribution in [-0.4, -0.2) is 12.1 Å². The van der Waals surface area contributed by atoms with Crippen molar-refractivity contribution in [1.29, 1.82) is 0 Å². The molecule has 0 atom stereocenters. The number of amides is 2. The van der Waals surface area contributed by atoms with E-state index in [1.54, 1.807) is 12.1 Å². The summed E-state index contributed by atoms with van der Waals surface area (Å²) in [4.78, 5) is 11.7. The molecule has 1 aromatic rings. The molecule has 1 aromatic carbocycles. The highest BCUT2D eigenvalue weighted by Crippen LogP contribution is 2.30. The number of hydrogen-bond acceptors (Lipinski definition) is 1. The molecule has 17 heavy (non-hydrogen) atoms. The first-order valence-electron chi connectivity index (χ1n) is 5.68. The van der Waals surface area contributed by atoms with Gasteiger partial charge in [-0.1, -0.05) is 30.5 Å². The maximum absolute atomic E-state index is 11.7. The minimum atomic E-state index is -0.167. The molecule has 2 N–H and O–H groups in total. The van der Waals surface area contributed by atoms with Gasteiger partial charge in [-0.15, -0.1) is 0 Å². The molecule has 0 bridgehead atoms. The number of rotatable bonds is 2. The van der Waals surface area contributed by atoms with Gasteiger partial charge in [-0.25, -0.2) is 4.79 Å². The predicted octanol–water partition coefficient (Wildman–Crippen LogP) is 4.17. The fourth-order valence-electron chi connectivity index (χ4n) is 2.01. The molecular formula is C12H14BrClN2O. The molecule has 5 heteroatoms. The van der Waals surface area contributed by atoms with Crippen molar-refractivity contribution in [2.45, 2.75) is 31.7 Å². The fraction of sp³-hybridized carbons (Fsp3) is 0.417. The van der Waals surface area contributed by atoms with Crippen LogP contribution in [0.25, 0.3) is 0 Å². The Morgan fingerprint density at radius 1 is 1.35 bits per heavy atom. The molecular weight excluding hydrogens is 304 g/mol. The van der Waals surface area contributed by atoms with Crippen LogP contribution < -0.4 is 10.6 Å². The van der Waals surface area contributed by atoms with Crippen LogP contribution in [0.2, 0.25) is 5.02 Å². The van der Waals surface area contributed by atoms with E-state index in [-0.39, 0.29) is 6.03 Å². The zero-order valence-corrected chi connectivity index (χ0v) is 11.6. The summed E-state index contributed by atoms with van der Waals surface area (Å²) in [6, 6.07) is 5.53. The number of halogens is 2. The highest BCUT2D eigenvalue weighted by molar-refractivity contribution is 9.10. The summed E-state index contributed by atoms with van der Waals surface area (Å²) >= 11 is 9.30. The molecule has 1 aliphatic rings. The molecule has 0 radical (unpaired) electrons. The van der Waals surface area contributed by atoms with Gasteiger partial charge in [0.1, 0.15) is 0 Å². The molecule has 0 heterocycles. The average Bonchev–Trinajstić information content (AvgIpc) is 2.77. The molecule has 0 spiro atoms. The zero-order valence-electron chi connectivity index (χ0n) is 9.30. The van der Waals surface area contributed by atoms with E-state index in [2.05, 4.69) is 26.6 Å². The predicted molar refractivity (Wildman–Crippen MR) is 73.6 cm³/mol. The van der Waals surface area contributed by atoms with Gasteiger partial charge >= 0.3 is 6.03 Å². The Kier molecular flexibility index (Phi) is 4.29. The molecule has 2 amide bonds. The van der Waals surface area contributed by atoms with Crippen molar-refractivity contribution in [2.24, 2.45) is 0 Å². The summed E-state index contributed by atoms with van der Waals surface area (Å²) in [5.41, 5.74) is 0.688. The normalized spacial score (nSPS) is 15.9. The summed E-state index contributed by atoms with van der Waals surface area (Å²) < 4.78 is 0.711. The summed E-state index contributed by atoms with van der Waals surface area (Å²) in [6.45, 7) is 0. The second-order valence-electron chi connectivity index (χ2n) is 4.18. The van der Waals surface area contributed by atoms with Gasteiger partial charge in [0.05, 0.1) is 15.2 Å². The number of anilines is 1. The SMILES string of the molecule is O=C(Nc1cccc(Cl)c1Br)NC1CCCC1. The quantitative estimate of drug-likeness (QED) is 0.844. The van der Waals surface area contributed by atoms with E-state index in [1.807, 2.05) is 6.07 Å². The third kappa shape index (κ3) is 3.36. The standard InChI is InChI=1S/C12H14BrClN2O/c13-11-9(14)6-3-7-10(11)16-12(17)15-8-4-1-2-5-8/h3,6-8H,1-2,4-5H2,(H2,15,16,17). The molecule has 0 aliphatic heterocycles. The number of carbonyl (C=O) groups is 1. The lowest BCUT2D eigenvalue weighted by Crippen LogP contribution is -2.36. The summed E-state index contributed by atoms with van der Waals surface area (Å²) in [7, 11) is 0. The molecule has 3 nitrogen and oxygen atoms in total. The van der Waals surface area contributed by atoms with E-state index >= 15 is 0 Å². The number of urea groups is 1. The van der Waals surface area contributed by atoms with Gasteiger partial charge in [-0.2, -0.15) is 0 Å². The topological polar surface area (TPSA) is 41.1 Å². The van der Waals surface area contributed by atoms with E-state index in [0.717, 1.165) is 12.8 Å². The highest BCUT2D eigenvalue weighted by atomic mass is 79.9. The second kappa shape index (κ2) is 5.74. The maximum atomic E-state index is 11.7. The van der Waals surface area contributed by atoms with Gasteiger partial charge in [0, 0.05) is 6.04 Å². The van der Waals surface area contributed by atoms with Crippen LogP contribution in [0.1, 0.15) is 25.7 Å². The Hall–Kier alpha value is -0.740. The van der Waals surface area contributed by atoms with Crippen LogP contribution in [0.15, 0.2) is 22.7 Å². The minimum absolute atomic E-state index is 0.167. The largest absolute Gasteiger partial charge is 0.335 e. The van der Waals surface area contributed by atoms with E-state index in [4.69, 9.17) is 11.6 Å². The number of carbonyl (C=O) groups excluding carboxylic acids is 1. The lowest BCUT2D eigenvalue weighted by molar-refractivity contribution is 0.248. The van der Waals surface area contributed by atoms with Gasteiger partial charge in [0.2, 0.25) is 0 Å². The van der Waals surface area contributed by atoms with E-state index in [0.29, 0.717) is 21.2 Å². The molecule has 0 saturated heterocycles. The first-order chi connectivity index (χ1) is 8.16. The zero-order chi connectivity index (χ0) is 12.3. The monoisotopic (exact) mass is 316 g/mol. The van der Waals surface area contributed by atoms with Crippen LogP contribution >= 0.6 is 27.5 Å². The van der Waals surface area contributed by atoms with Crippen molar-refractivity contribution in [3.05, 3.63) is 27.7 Å². The van der Waals surface area contributed by atoms with Crippen LogP contribution in [0.4, 0.5) is 10.5 Å². The smallest absolute Gasteiger partial charge is 0.319 e. The third-order valence-electron chi connectivity index (χ3n) is 2.89. The molecule has 92 valence electrons. The number of benzene rings is 1. The molecule has 1 saturated carbocycles. The van der Waals surface area contributed by atoms with Gasteiger partial charge in [-0.3, -0.25) is 0 Å². The second-order valence-corrected chi connectivity index (χ2v) is 5.38. The Morgan fingerprint density at radius 3 is 2.76 bits per heavy atom. The summed E-state index contributed by atoms with van der Waals surface area (Å²) in [5.74, 6) is 0. The first-order valence-corrected chi connectivity index (χ1v) is 6.85. The Morgan fingerprint density at radius 2 is 2.06 bits per heavy atom.